The molecule has 25 heavy (non-hydrogen) atoms. The Labute approximate surface area is 152 Å². The van der Waals surface area contributed by atoms with Crippen molar-refractivity contribution in [2.45, 2.75) is 35.4 Å². The van der Waals surface area contributed by atoms with Crippen molar-refractivity contribution in [3.63, 3.8) is 0 Å². The summed E-state index contributed by atoms with van der Waals surface area (Å²) in [6.07, 6.45) is 0.749. The summed E-state index contributed by atoms with van der Waals surface area (Å²) >= 11 is 1.03. The van der Waals surface area contributed by atoms with E-state index in [0.717, 1.165) is 17.8 Å². The molecule has 3 rings (SSSR count). The quantitative estimate of drug-likeness (QED) is 0.890. The number of sulfone groups is 1. The van der Waals surface area contributed by atoms with E-state index < -0.39 is 9.84 Å². The molecule has 1 atom stereocenters. The maximum Gasteiger partial charge on any atom is 0.263 e. The topological polar surface area (TPSA) is 80.5 Å². The molecule has 1 aromatic carbocycles. The average Bonchev–Trinajstić information content (AvgIpc) is 3.08. The number of hydrogen-bond acceptors (Lipinski definition) is 5. The van der Waals surface area contributed by atoms with E-state index in [1.165, 1.54) is 6.07 Å². The van der Waals surface area contributed by atoms with E-state index in [1.807, 2.05) is 0 Å². The number of nitrogens with two attached hydrogens (primary N) is 1. The maximum absolute atomic E-state index is 12.8. The van der Waals surface area contributed by atoms with Crippen molar-refractivity contribution in [1.82, 2.24) is 4.90 Å². The third-order valence-electron chi connectivity index (χ3n) is 4.71. The van der Waals surface area contributed by atoms with Crippen LogP contribution in [0.15, 0.2) is 51.6 Å². The fourth-order valence-corrected chi connectivity index (χ4v) is 5.70. The van der Waals surface area contributed by atoms with Gasteiger partial charge in [0.2, 0.25) is 9.84 Å². The highest BCUT2D eigenvalue weighted by atomic mass is 32.2. The SMILES string of the molecule is CC1(C)CN(C(=O)c2ccc(S(=O)(=O)c3ccccc3)s2)CCC1N. The second kappa shape index (κ2) is 6.55. The first kappa shape index (κ1) is 18.1. The zero-order valence-electron chi connectivity index (χ0n) is 14.3. The first-order valence-corrected chi connectivity index (χ1v) is 10.5. The van der Waals surface area contributed by atoms with Crippen molar-refractivity contribution >= 4 is 27.1 Å². The molecule has 2 N–H and O–H groups in total. The van der Waals surface area contributed by atoms with Crippen molar-refractivity contribution in [3.8, 4) is 0 Å². The molecular weight excluding hydrogens is 356 g/mol. The summed E-state index contributed by atoms with van der Waals surface area (Å²) in [6, 6.07) is 11.4. The first-order chi connectivity index (χ1) is 11.7. The van der Waals surface area contributed by atoms with Crippen LogP contribution in [0, 0.1) is 5.41 Å². The van der Waals surface area contributed by atoms with E-state index in [2.05, 4.69) is 13.8 Å². The molecule has 7 heteroatoms. The molecule has 0 aliphatic carbocycles. The van der Waals surface area contributed by atoms with E-state index in [4.69, 9.17) is 5.73 Å². The van der Waals surface area contributed by atoms with Gasteiger partial charge in [-0.25, -0.2) is 8.42 Å². The zero-order chi connectivity index (χ0) is 18.2. The van der Waals surface area contributed by atoms with Crippen LogP contribution in [-0.2, 0) is 9.84 Å². The number of likely N-dealkylation sites (tertiary alicyclic amines) is 1. The molecule has 0 bridgehead atoms. The van der Waals surface area contributed by atoms with Crippen LogP contribution in [0.1, 0.15) is 29.9 Å². The Morgan fingerprint density at radius 2 is 1.88 bits per heavy atom. The van der Waals surface area contributed by atoms with Crippen LogP contribution in [-0.4, -0.2) is 38.4 Å². The number of amides is 1. The monoisotopic (exact) mass is 378 g/mol. The van der Waals surface area contributed by atoms with Crippen molar-refractivity contribution in [2.75, 3.05) is 13.1 Å². The number of carbonyl (C=O) groups is 1. The molecule has 1 fully saturated rings. The van der Waals surface area contributed by atoms with Gasteiger partial charge in [0.05, 0.1) is 9.77 Å². The van der Waals surface area contributed by atoms with Gasteiger partial charge in [-0.15, -0.1) is 11.3 Å². The summed E-state index contributed by atoms with van der Waals surface area (Å²) in [5, 5.41) is 0. The Morgan fingerprint density at radius 1 is 1.20 bits per heavy atom. The molecule has 0 radical (unpaired) electrons. The van der Waals surface area contributed by atoms with Crippen LogP contribution in [0.2, 0.25) is 0 Å². The van der Waals surface area contributed by atoms with Gasteiger partial charge in [-0.2, -0.15) is 0 Å². The molecule has 1 unspecified atom stereocenters. The van der Waals surface area contributed by atoms with E-state index in [1.54, 1.807) is 41.3 Å². The number of thiophene rings is 1. The second-order valence-electron chi connectivity index (χ2n) is 7.05. The Balaban J connectivity index is 1.83. The third-order valence-corrected chi connectivity index (χ3v) is 8.04. The lowest BCUT2D eigenvalue weighted by molar-refractivity contribution is 0.0537. The molecule has 0 spiro atoms. The van der Waals surface area contributed by atoms with Gasteiger partial charge in [-0.3, -0.25) is 4.79 Å². The number of nitrogens with zero attached hydrogens (tertiary/aromatic N) is 1. The van der Waals surface area contributed by atoms with Crippen LogP contribution in [0.3, 0.4) is 0 Å². The summed E-state index contributed by atoms with van der Waals surface area (Å²) < 4.78 is 25.5. The minimum Gasteiger partial charge on any atom is -0.337 e. The zero-order valence-corrected chi connectivity index (χ0v) is 15.9. The number of hydrogen-bond donors (Lipinski definition) is 1. The molecule has 1 aliphatic heterocycles. The third kappa shape index (κ3) is 3.49. The van der Waals surface area contributed by atoms with Crippen LogP contribution in [0.5, 0.6) is 0 Å². The summed E-state index contributed by atoms with van der Waals surface area (Å²) in [7, 11) is -3.59. The Hall–Kier alpha value is -1.70. The second-order valence-corrected chi connectivity index (χ2v) is 10.3. The molecular formula is C18H22N2O3S2. The van der Waals surface area contributed by atoms with Gasteiger partial charge in [0, 0.05) is 19.1 Å². The Kier molecular flexibility index (Phi) is 4.74. The van der Waals surface area contributed by atoms with Crippen LogP contribution >= 0.6 is 11.3 Å². The Bertz CT molecular complexity index is 873. The summed E-state index contributed by atoms with van der Waals surface area (Å²) in [5.41, 5.74) is 5.98. The number of carbonyl (C=O) groups excluding carboxylic acids is 1. The molecule has 1 saturated heterocycles. The van der Waals surface area contributed by atoms with Crippen molar-refractivity contribution in [2.24, 2.45) is 11.1 Å². The lowest BCUT2D eigenvalue weighted by atomic mass is 9.79. The lowest BCUT2D eigenvalue weighted by Crippen LogP contribution is -2.53. The molecule has 2 heterocycles. The molecule has 1 aromatic heterocycles. The van der Waals surface area contributed by atoms with Crippen molar-refractivity contribution < 1.29 is 13.2 Å². The van der Waals surface area contributed by atoms with E-state index in [-0.39, 0.29) is 26.5 Å². The average molecular weight is 379 g/mol. The summed E-state index contributed by atoms with van der Waals surface area (Å²) in [6.45, 7) is 5.28. The first-order valence-electron chi connectivity index (χ1n) is 8.17. The predicted octanol–water partition coefficient (Wildman–Crippen LogP) is 2.78. The fourth-order valence-electron chi connectivity index (χ4n) is 3.00. The van der Waals surface area contributed by atoms with Gasteiger partial charge in [0.1, 0.15) is 4.21 Å². The van der Waals surface area contributed by atoms with Crippen LogP contribution < -0.4 is 5.73 Å². The van der Waals surface area contributed by atoms with Gasteiger partial charge in [-0.05, 0) is 36.1 Å². The fraction of sp³-hybridized carbons (Fsp3) is 0.389. The van der Waals surface area contributed by atoms with Gasteiger partial charge in [0.25, 0.3) is 5.91 Å². The molecule has 2 aromatic rings. The van der Waals surface area contributed by atoms with Gasteiger partial charge < -0.3 is 10.6 Å². The minimum absolute atomic E-state index is 0.0638. The van der Waals surface area contributed by atoms with Crippen LogP contribution in [0.25, 0.3) is 0 Å². The number of rotatable bonds is 3. The predicted molar refractivity (Wildman–Crippen MR) is 98.5 cm³/mol. The normalized spacial score (nSPS) is 20.4. The van der Waals surface area contributed by atoms with Crippen molar-refractivity contribution in [1.29, 1.82) is 0 Å². The van der Waals surface area contributed by atoms with E-state index >= 15 is 0 Å². The smallest absolute Gasteiger partial charge is 0.263 e. The summed E-state index contributed by atoms with van der Waals surface area (Å²) in [5.74, 6) is -0.125. The van der Waals surface area contributed by atoms with Gasteiger partial charge in [-0.1, -0.05) is 32.0 Å². The van der Waals surface area contributed by atoms with Crippen LogP contribution in [0.4, 0.5) is 0 Å². The van der Waals surface area contributed by atoms with Gasteiger partial charge in [0.15, 0.2) is 0 Å². The molecule has 1 aliphatic rings. The Morgan fingerprint density at radius 3 is 2.52 bits per heavy atom. The maximum atomic E-state index is 12.8. The minimum atomic E-state index is -3.59. The molecule has 0 saturated carbocycles. The molecule has 134 valence electrons. The standard InChI is InChI=1S/C18H22N2O3S2/c1-18(2)12-20(11-10-15(18)19)17(21)14-8-9-16(24-14)25(22,23)13-6-4-3-5-7-13/h3-9,15H,10-12,19H2,1-2H3. The summed E-state index contributed by atoms with van der Waals surface area (Å²) in [4.78, 5) is 15.2. The van der Waals surface area contributed by atoms with E-state index in [9.17, 15) is 13.2 Å². The van der Waals surface area contributed by atoms with E-state index in [0.29, 0.717) is 18.0 Å². The number of piperidine rings is 1. The highest BCUT2D eigenvalue weighted by Gasteiger charge is 2.36. The lowest BCUT2D eigenvalue weighted by Gasteiger charge is -2.42. The largest absolute Gasteiger partial charge is 0.337 e. The van der Waals surface area contributed by atoms with Crippen molar-refractivity contribution in [3.05, 3.63) is 47.3 Å². The highest BCUT2D eigenvalue weighted by molar-refractivity contribution is 7.93. The highest BCUT2D eigenvalue weighted by Crippen LogP contribution is 2.32. The van der Waals surface area contributed by atoms with Gasteiger partial charge >= 0.3 is 0 Å². The molecule has 1 amide bonds. The molecule has 5 nitrogen and oxygen atoms in total. The number of benzene rings is 1.